The molecule has 2 aliphatic rings. The molecular weight excluding hydrogens is 417 g/mol. The summed E-state index contributed by atoms with van der Waals surface area (Å²) in [6.07, 6.45) is -1.25. The molecule has 8 nitrogen and oxygen atoms in total. The minimum atomic E-state index is -4.85. The van der Waals surface area contributed by atoms with Crippen molar-refractivity contribution in [1.82, 2.24) is 10.3 Å². The second-order valence-electron chi connectivity index (χ2n) is 6.81. The summed E-state index contributed by atoms with van der Waals surface area (Å²) in [6, 6.07) is 5.92. The van der Waals surface area contributed by atoms with Gasteiger partial charge in [-0.05, 0) is 41.8 Å². The van der Waals surface area contributed by atoms with Gasteiger partial charge < -0.3 is 15.4 Å². The second-order valence-corrected chi connectivity index (χ2v) is 6.81. The van der Waals surface area contributed by atoms with E-state index < -0.39 is 30.1 Å². The summed E-state index contributed by atoms with van der Waals surface area (Å²) in [6.45, 7) is -0.308. The summed E-state index contributed by atoms with van der Waals surface area (Å²) in [5, 5.41) is 5.17. The number of nitrogens with one attached hydrogen (secondary N) is 2. The molecule has 2 N–H and O–H groups in total. The summed E-state index contributed by atoms with van der Waals surface area (Å²) in [4.78, 5) is 42.8. The van der Waals surface area contributed by atoms with Crippen molar-refractivity contribution in [2.75, 3.05) is 16.8 Å². The fraction of sp³-hybridized carbons (Fsp3) is 0.200. The Morgan fingerprint density at radius 2 is 1.90 bits per heavy atom. The first-order valence-corrected chi connectivity index (χ1v) is 9.13. The number of amides is 3. The quantitative estimate of drug-likeness (QED) is 0.756. The van der Waals surface area contributed by atoms with Gasteiger partial charge >= 0.3 is 12.4 Å². The molecule has 1 aliphatic carbocycles. The summed E-state index contributed by atoms with van der Waals surface area (Å²) >= 11 is 0. The zero-order valence-electron chi connectivity index (χ0n) is 15.8. The van der Waals surface area contributed by atoms with Gasteiger partial charge in [-0.15, -0.1) is 13.2 Å². The highest BCUT2D eigenvalue weighted by atomic mass is 19.4. The van der Waals surface area contributed by atoms with Crippen molar-refractivity contribution in [2.24, 2.45) is 0 Å². The van der Waals surface area contributed by atoms with E-state index in [1.807, 2.05) is 0 Å². The summed E-state index contributed by atoms with van der Waals surface area (Å²) in [7, 11) is 0. The smallest absolute Gasteiger partial charge is 0.406 e. The number of ether oxygens (including phenoxy) is 1. The predicted octanol–water partition coefficient (Wildman–Crippen LogP) is 3.09. The minimum absolute atomic E-state index is 0.213. The van der Waals surface area contributed by atoms with Gasteiger partial charge in [-0.25, -0.2) is 9.78 Å². The Balaban J connectivity index is 1.58. The first-order chi connectivity index (χ1) is 14.7. The van der Waals surface area contributed by atoms with Gasteiger partial charge in [0.1, 0.15) is 18.3 Å². The fourth-order valence-corrected chi connectivity index (χ4v) is 3.09. The number of anilines is 2. The molecule has 0 fully saturated rings. The standard InChI is InChI=1S/C20H15F3N4O4/c21-20(22,23)31-13-7-5-11(6-8-13)16(17(29)12-3-4-12)26-19(30)27-10-15(28)25-14-2-1-9-24-18(14)27/h1-3,5-9,16H,4,10H2,(H,25,28)(H,26,30). The van der Waals surface area contributed by atoms with E-state index in [1.54, 1.807) is 18.2 Å². The molecule has 4 rings (SSSR count). The highest BCUT2D eigenvalue weighted by Crippen LogP contribution is 2.31. The van der Waals surface area contributed by atoms with Crippen LogP contribution in [0.15, 0.2) is 54.2 Å². The molecule has 1 unspecified atom stereocenters. The normalized spacial score (nSPS) is 15.9. The zero-order chi connectivity index (χ0) is 22.2. The van der Waals surface area contributed by atoms with Crippen LogP contribution in [0.25, 0.3) is 0 Å². The highest BCUT2D eigenvalue weighted by molar-refractivity contribution is 6.10. The number of urea groups is 1. The van der Waals surface area contributed by atoms with E-state index in [0.29, 0.717) is 17.7 Å². The number of halogens is 3. The molecule has 0 spiro atoms. The van der Waals surface area contributed by atoms with Crippen LogP contribution in [0, 0.1) is 0 Å². The molecule has 0 saturated carbocycles. The maximum absolute atomic E-state index is 12.9. The number of alkyl halides is 3. The topological polar surface area (TPSA) is 101 Å². The second kappa shape index (κ2) is 7.74. The van der Waals surface area contributed by atoms with E-state index >= 15 is 0 Å². The first kappa shape index (κ1) is 20.4. The average Bonchev–Trinajstić information content (AvgIpc) is 3.55. The molecule has 0 bridgehead atoms. The molecule has 1 atom stereocenters. The molecule has 2 heterocycles. The van der Waals surface area contributed by atoms with Crippen molar-refractivity contribution in [3.63, 3.8) is 0 Å². The van der Waals surface area contributed by atoms with Crippen LogP contribution >= 0.6 is 0 Å². The number of benzene rings is 1. The average molecular weight is 432 g/mol. The molecular formula is C20H15F3N4O4. The van der Waals surface area contributed by atoms with Gasteiger partial charge in [-0.2, -0.15) is 0 Å². The predicted molar refractivity (Wildman–Crippen MR) is 102 cm³/mol. The molecule has 3 amide bonds. The van der Waals surface area contributed by atoms with Crippen LogP contribution < -0.4 is 20.3 Å². The van der Waals surface area contributed by atoms with Gasteiger partial charge in [0.05, 0.1) is 5.69 Å². The fourth-order valence-electron chi connectivity index (χ4n) is 3.09. The maximum atomic E-state index is 12.9. The number of ketones is 1. The number of hydrogen-bond acceptors (Lipinski definition) is 5. The van der Waals surface area contributed by atoms with Crippen molar-refractivity contribution in [1.29, 1.82) is 0 Å². The van der Waals surface area contributed by atoms with Crippen LogP contribution in [0.2, 0.25) is 0 Å². The van der Waals surface area contributed by atoms with Crippen molar-refractivity contribution >= 4 is 29.2 Å². The molecule has 1 aromatic carbocycles. The Labute approximate surface area is 173 Å². The molecule has 31 heavy (non-hydrogen) atoms. The Hall–Kier alpha value is -3.89. The van der Waals surface area contributed by atoms with Gasteiger partial charge in [0.2, 0.25) is 5.91 Å². The molecule has 1 aliphatic heterocycles. The Kier molecular flexibility index (Phi) is 5.09. The number of carbonyl (C=O) groups is 3. The number of carbonyl (C=O) groups excluding carboxylic acids is 3. The Morgan fingerprint density at radius 3 is 2.55 bits per heavy atom. The molecule has 160 valence electrons. The molecule has 11 heteroatoms. The number of pyridine rings is 1. The SMILES string of the molecule is O=C1CN(C(=O)NC(C(=O)C2=CC2)c2ccc(OC(F)(F)F)cc2)c2ncccc2N1. The number of fused-ring (bicyclic) bond motifs is 1. The van der Waals surface area contributed by atoms with E-state index in [0.717, 1.165) is 17.0 Å². The van der Waals surface area contributed by atoms with Crippen molar-refractivity contribution in [2.45, 2.75) is 18.8 Å². The van der Waals surface area contributed by atoms with Crippen LogP contribution in [-0.4, -0.2) is 35.6 Å². The van der Waals surface area contributed by atoms with E-state index in [9.17, 15) is 27.6 Å². The van der Waals surface area contributed by atoms with Gasteiger partial charge in [-0.3, -0.25) is 14.5 Å². The maximum Gasteiger partial charge on any atom is 0.573 e. The summed E-state index contributed by atoms with van der Waals surface area (Å²) in [5.74, 6) is -1.06. The Bertz CT molecular complexity index is 1080. The zero-order valence-corrected chi connectivity index (χ0v) is 15.8. The molecule has 1 aromatic heterocycles. The minimum Gasteiger partial charge on any atom is -0.406 e. The van der Waals surface area contributed by atoms with Crippen LogP contribution in [0.3, 0.4) is 0 Å². The lowest BCUT2D eigenvalue weighted by Gasteiger charge is -2.29. The monoisotopic (exact) mass is 432 g/mol. The third kappa shape index (κ3) is 4.65. The lowest BCUT2D eigenvalue weighted by atomic mass is 10.0. The van der Waals surface area contributed by atoms with Crippen LogP contribution in [0.1, 0.15) is 18.0 Å². The first-order valence-electron chi connectivity index (χ1n) is 9.13. The number of rotatable bonds is 5. The van der Waals surface area contributed by atoms with Crippen LogP contribution in [0.5, 0.6) is 5.75 Å². The third-order valence-electron chi connectivity index (χ3n) is 4.57. The lowest BCUT2D eigenvalue weighted by molar-refractivity contribution is -0.274. The van der Waals surface area contributed by atoms with Crippen molar-refractivity contribution < 1.29 is 32.3 Å². The largest absolute Gasteiger partial charge is 0.573 e. The van der Waals surface area contributed by atoms with E-state index in [2.05, 4.69) is 20.4 Å². The lowest BCUT2D eigenvalue weighted by Crippen LogP contribution is -2.49. The summed E-state index contributed by atoms with van der Waals surface area (Å²) < 4.78 is 41.0. The van der Waals surface area contributed by atoms with E-state index in [-0.39, 0.29) is 23.7 Å². The van der Waals surface area contributed by atoms with Crippen molar-refractivity contribution in [3.05, 3.63) is 59.8 Å². The number of allylic oxidation sites excluding steroid dienone is 1. The number of aromatic nitrogens is 1. The number of hydrogen-bond donors (Lipinski definition) is 2. The molecule has 2 aromatic rings. The van der Waals surface area contributed by atoms with Gasteiger partial charge in [-0.1, -0.05) is 18.2 Å². The number of Topliss-reactive ketones (excluding diaryl/α,β-unsaturated/α-hetero) is 1. The molecule has 0 radical (unpaired) electrons. The van der Waals surface area contributed by atoms with Crippen molar-refractivity contribution in [3.8, 4) is 5.75 Å². The van der Waals surface area contributed by atoms with Gasteiger partial charge in [0.25, 0.3) is 0 Å². The van der Waals surface area contributed by atoms with E-state index in [4.69, 9.17) is 0 Å². The van der Waals surface area contributed by atoms with Gasteiger partial charge in [0.15, 0.2) is 11.6 Å². The molecule has 0 saturated heterocycles. The van der Waals surface area contributed by atoms with Crippen LogP contribution in [0.4, 0.5) is 29.5 Å². The summed E-state index contributed by atoms with van der Waals surface area (Å²) in [5.41, 5.74) is 1.11. The highest BCUT2D eigenvalue weighted by Gasteiger charge is 2.34. The van der Waals surface area contributed by atoms with Gasteiger partial charge in [0, 0.05) is 6.20 Å². The van der Waals surface area contributed by atoms with E-state index in [1.165, 1.54) is 18.3 Å². The third-order valence-corrected chi connectivity index (χ3v) is 4.57. The van der Waals surface area contributed by atoms with Crippen LogP contribution in [-0.2, 0) is 9.59 Å². The Morgan fingerprint density at radius 1 is 1.19 bits per heavy atom. The number of nitrogens with zero attached hydrogens (tertiary/aromatic N) is 2.